The number of nitrogens with one attached hydrogen (secondary N) is 1. The second-order valence-corrected chi connectivity index (χ2v) is 6.22. The summed E-state index contributed by atoms with van der Waals surface area (Å²) < 4.78 is 5.26. The van der Waals surface area contributed by atoms with Crippen LogP contribution < -0.4 is 5.32 Å². The minimum atomic E-state index is -0.0818. The first-order chi connectivity index (χ1) is 9.79. The largest absolute Gasteiger partial charge is 0.465 e. The Hall–Kier alpha value is -0.650. The predicted octanol–water partition coefficient (Wildman–Crippen LogP) is 0.450. The third kappa shape index (κ3) is 2.85. The number of nitrogens with zero attached hydrogens (tertiary/aromatic N) is 2. The molecule has 5 heteroatoms. The van der Waals surface area contributed by atoms with E-state index in [4.69, 9.17) is 4.74 Å². The molecule has 0 saturated carbocycles. The monoisotopic (exact) mass is 281 g/mol. The molecule has 1 N–H and O–H groups in total. The summed E-state index contributed by atoms with van der Waals surface area (Å²) in [5, 5.41) is 3.34. The van der Waals surface area contributed by atoms with Gasteiger partial charge in [-0.3, -0.25) is 9.69 Å². The summed E-state index contributed by atoms with van der Waals surface area (Å²) in [6.07, 6.45) is 5.12. The molecular formula is C15H27N3O2. The molecule has 3 saturated heterocycles. The van der Waals surface area contributed by atoms with Crippen LogP contribution in [0, 0.1) is 0 Å². The van der Waals surface area contributed by atoms with Crippen molar-refractivity contribution >= 4 is 5.97 Å². The molecule has 3 heterocycles. The maximum Gasteiger partial charge on any atom is 0.324 e. The minimum Gasteiger partial charge on any atom is -0.465 e. The van der Waals surface area contributed by atoms with E-state index < -0.39 is 0 Å². The molecule has 20 heavy (non-hydrogen) atoms. The summed E-state index contributed by atoms with van der Waals surface area (Å²) in [5.41, 5.74) is 0. The fourth-order valence-electron chi connectivity index (χ4n) is 4.12. The molecule has 3 aliphatic rings. The van der Waals surface area contributed by atoms with Crippen LogP contribution in [0.4, 0.5) is 0 Å². The topological polar surface area (TPSA) is 44.8 Å². The van der Waals surface area contributed by atoms with Crippen LogP contribution in [0.3, 0.4) is 0 Å². The van der Waals surface area contributed by atoms with Crippen molar-refractivity contribution in [1.29, 1.82) is 0 Å². The Morgan fingerprint density at radius 1 is 1.25 bits per heavy atom. The van der Waals surface area contributed by atoms with Crippen LogP contribution >= 0.6 is 0 Å². The lowest BCUT2D eigenvalue weighted by Crippen LogP contribution is -2.61. The summed E-state index contributed by atoms with van der Waals surface area (Å²) in [4.78, 5) is 17.2. The Morgan fingerprint density at radius 3 is 3.00 bits per heavy atom. The maximum atomic E-state index is 12.2. The van der Waals surface area contributed by atoms with Gasteiger partial charge in [0, 0.05) is 31.7 Å². The Morgan fingerprint density at radius 2 is 2.15 bits per heavy atom. The van der Waals surface area contributed by atoms with Crippen molar-refractivity contribution in [2.45, 2.75) is 50.7 Å². The predicted molar refractivity (Wildman–Crippen MR) is 77.6 cm³/mol. The van der Waals surface area contributed by atoms with E-state index in [2.05, 4.69) is 15.1 Å². The van der Waals surface area contributed by atoms with Crippen molar-refractivity contribution in [2.24, 2.45) is 0 Å². The molecule has 114 valence electrons. The lowest BCUT2D eigenvalue weighted by atomic mass is 9.94. The molecule has 3 atom stereocenters. The van der Waals surface area contributed by atoms with Crippen molar-refractivity contribution in [3.05, 3.63) is 0 Å². The Balaban J connectivity index is 1.65. The average Bonchev–Trinajstić information content (AvgIpc) is 2.95. The van der Waals surface area contributed by atoms with Crippen molar-refractivity contribution in [3.63, 3.8) is 0 Å². The van der Waals surface area contributed by atoms with E-state index in [1.165, 1.54) is 38.8 Å². The van der Waals surface area contributed by atoms with Crippen LogP contribution in [0.5, 0.6) is 0 Å². The van der Waals surface area contributed by atoms with E-state index >= 15 is 0 Å². The Bertz CT molecular complexity index is 350. The molecule has 3 rings (SSSR count). The highest BCUT2D eigenvalue weighted by atomic mass is 16.5. The van der Waals surface area contributed by atoms with Gasteiger partial charge < -0.3 is 15.0 Å². The van der Waals surface area contributed by atoms with Crippen LogP contribution in [0.2, 0.25) is 0 Å². The van der Waals surface area contributed by atoms with Crippen LogP contribution in [0.25, 0.3) is 0 Å². The summed E-state index contributed by atoms with van der Waals surface area (Å²) in [5.74, 6) is -0.0476. The van der Waals surface area contributed by atoms with Crippen LogP contribution in [0.1, 0.15) is 32.6 Å². The highest BCUT2D eigenvalue weighted by Gasteiger charge is 2.39. The number of piperazine rings is 1. The van der Waals surface area contributed by atoms with E-state index in [0.717, 1.165) is 25.7 Å². The van der Waals surface area contributed by atoms with Gasteiger partial charge in [-0.1, -0.05) is 0 Å². The highest BCUT2D eigenvalue weighted by molar-refractivity contribution is 5.76. The van der Waals surface area contributed by atoms with Gasteiger partial charge in [-0.2, -0.15) is 0 Å². The van der Waals surface area contributed by atoms with E-state index in [1.807, 2.05) is 6.92 Å². The van der Waals surface area contributed by atoms with Gasteiger partial charge in [0.2, 0.25) is 0 Å². The molecule has 3 unspecified atom stereocenters. The number of hydrogen-bond acceptors (Lipinski definition) is 5. The van der Waals surface area contributed by atoms with Crippen molar-refractivity contribution in [2.75, 3.05) is 39.3 Å². The van der Waals surface area contributed by atoms with Crippen molar-refractivity contribution < 1.29 is 9.53 Å². The Kier molecular flexibility index (Phi) is 4.58. The third-order valence-corrected chi connectivity index (χ3v) is 5.11. The number of piperidine rings is 1. The fraction of sp³-hybridized carbons (Fsp3) is 0.933. The first-order valence-electron chi connectivity index (χ1n) is 8.16. The zero-order valence-electron chi connectivity index (χ0n) is 12.5. The average molecular weight is 281 g/mol. The number of fused-ring (bicyclic) bond motifs is 1. The highest BCUT2D eigenvalue weighted by Crippen LogP contribution is 2.30. The zero-order valence-corrected chi connectivity index (χ0v) is 12.5. The quantitative estimate of drug-likeness (QED) is 0.761. The summed E-state index contributed by atoms with van der Waals surface area (Å²) >= 11 is 0. The van der Waals surface area contributed by atoms with Gasteiger partial charge in [-0.05, 0) is 45.7 Å². The molecule has 0 spiro atoms. The third-order valence-electron chi connectivity index (χ3n) is 5.11. The minimum absolute atomic E-state index is 0.0476. The van der Waals surface area contributed by atoms with Crippen LogP contribution in [0.15, 0.2) is 0 Å². The second kappa shape index (κ2) is 6.41. The number of ether oxygens (including phenoxy) is 1. The lowest BCUT2D eigenvalue weighted by Gasteiger charge is -2.45. The molecule has 0 amide bonds. The molecule has 0 aromatic heterocycles. The molecule has 5 nitrogen and oxygen atoms in total. The standard InChI is InChI=1S/C15H27N3O2/c1-2-20-15(19)14-11-16-6-9-18(14)13-5-8-17-7-3-4-12(17)10-13/h12-14,16H,2-11H2,1H3. The first-order valence-corrected chi connectivity index (χ1v) is 8.16. The molecule has 0 aliphatic carbocycles. The summed E-state index contributed by atoms with van der Waals surface area (Å²) in [6, 6.07) is 1.24. The van der Waals surface area contributed by atoms with Crippen LogP contribution in [-0.2, 0) is 9.53 Å². The summed E-state index contributed by atoms with van der Waals surface area (Å²) in [6.45, 7) is 7.54. The normalized spacial score (nSPS) is 35.8. The molecule has 0 radical (unpaired) electrons. The zero-order chi connectivity index (χ0) is 13.9. The van der Waals surface area contributed by atoms with Crippen LogP contribution in [-0.4, -0.2) is 73.2 Å². The van der Waals surface area contributed by atoms with Crippen molar-refractivity contribution in [3.8, 4) is 0 Å². The van der Waals surface area contributed by atoms with Gasteiger partial charge in [0.25, 0.3) is 0 Å². The summed E-state index contributed by atoms with van der Waals surface area (Å²) in [7, 11) is 0. The second-order valence-electron chi connectivity index (χ2n) is 6.22. The van der Waals surface area contributed by atoms with E-state index in [-0.39, 0.29) is 12.0 Å². The number of carbonyl (C=O) groups is 1. The van der Waals surface area contributed by atoms with Gasteiger partial charge in [-0.15, -0.1) is 0 Å². The number of hydrogen-bond donors (Lipinski definition) is 1. The SMILES string of the molecule is CCOC(=O)C1CNCCN1C1CCN2CCCC2C1. The van der Waals surface area contributed by atoms with Gasteiger partial charge in [0.1, 0.15) is 6.04 Å². The molecule has 0 aromatic carbocycles. The molecule has 3 aliphatic heterocycles. The van der Waals surface area contributed by atoms with E-state index in [1.54, 1.807) is 0 Å². The van der Waals surface area contributed by atoms with E-state index in [9.17, 15) is 4.79 Å². The fourth-order valence-corrected chi connectivity index (χ4v) is 4.12. The van der Waals surface area contributed by atoms with Gasteiger partial charge >= 0.3 is 5.97 Å². The number of esters is 1. The molecule has 3 fully saturated rings. The van der Waals surface area contributed by atoms with Crippen molar-refractivity contribution in [1.82, 2.24) is 15.1 Å². The maximum absolute atomic E-state index is 12.2. The van der Waals surface area contributed by atoms with Gasteiger partial charge in [0.05, 0.1) is 6.61 Å². The number of rotatable bonds is 3. The first kappa shape index (κ1) is 14.3. The smallest absolute Gasteiger partial charge is 0.324 e. The van der Waals surface area contributed by atoms with Gasteiger partial charge in [0.15, 0.2) is 0 Å². The molecular weight excluding hydrogens is 254 g/mol. The number of carbonyl (C=O) groups excluding carboxylic acids is 1. The van der Waals surface area contributed by atoms with E-state index in [0.29, 0.717) is 12.6 Å². The van der Waals surface area contributed by atoms with Gasteiger partial charge in [-0.25, -0.2) is 0 Å². The Labute approximate surface area is 121 Å². The molecule has 0 bridgehead atoms. The molecule has 0 aromatic rings. The lowest BCUT2D eigenvalue weighted by molar-refractivity contribution is -0.152.